The molecule has 1 heterocycles. The first kappa shape index (κ1) is 12.7. The Bertz CT molecular complexity index is 331. The van der Waals surface area contributed by atoms with Crippen molar-refractivity contribution in [3.8, 4) is 0 Å². The number of hydrogen-bond acceptors (Lipinski definition) is 2. The van der Waals surface area contributed by atoms with Crippen molar-refractivity contribution in [3.63, 3.8) is 0 Å². The summed E-state index contributed by atoms with van der Waals surface area (Å²) in [6.45, 7) is 6.49. The Kier molecular flexibility index (Phi) is 4.66. The molecule has 2 atom stereocenters. The molecule has 1 saturated carbocycles. The zero-order valence-corrected chi connectivity index (χ0v) is 11.2. The van der Waals surface area contributed by atoms with E-state index in [-0.39, 0.29) is 0 Å². The SMILES string of the molecule is Cc1ccoc1CNCCC1CCCC(C)C1. The first-order valence-electron chi connectivity index (χ1n) is 6.99. The third-order valence-electron chi connectivity index (χ3n) is 4.03. The van der Waals surface area contributed by atoms with E-state index in [0.29, 0.717) is 0 Å². The molecule has 1 aliphatic rings. The van der Waals surface area contributed by atoms with Crippen LogP contribution < -0.4 is 5.32 Å². The number of furan rings is 1. The van der Waals surface area contributed by atoms with E-state index in [4.69, 9.17) is 4.42 Å². The van der Waals surface area contributed by atoms with Gasteiger partial charge in [0.15, 0.2) is 0 Å². The van der Waals surface area contributed by atoms with E-state index in [1.807, 2.05) is 6.07 Å². The summed E-state index contributed by atoms with van der Waals surface area (Å²) in [7, 11) is 0. The van der Waals surface area contributed by atoms with Crippen molar-refractivity contribution in [2.45, 2.75) is 52.5 Å². The minimum atomic E-state index is 0.876. The van der Waals surface area contributed by atoms with Gasteiger partial charge < -0.3 is 9.73 Å². The molecule has 0 radical (unpaired) electrons. The third-order valence-corrected chi connectivity index (χ3v) is 4.03. The van der Waals surface area contributed by atoms with Crippen LogP contribution in [-0.4, -0.2) is 6.54 Å². The monoisotopic (exact) mass is 235 g/mol. The van der Waals surface area contributed by atoms with E-state index in [9.17, 15) is 0 Å². The number of aryl methyl sites for hydroxylation is 1. The molecule has 1 aromatic heterocycles. The minimum Gasteiger partial charge on any atom is -0.468 e. The summed E-state index contributed by atoms with van der Waals surface area (Å²) < 4.78 is 5.41. The molecular formula is C15H25NO. The van der Waals surface area contributed by atoms with E-state index in [1.165, 1.54) is 37.7 Å². The Balaban J connectivity index is 1.61. The second-order valence-electron chi connectivity index (χ2n) is 5.63. The molecule has 0 bridgehead atoms. The molecule has 1 fully saturated rings. The van der Waals surface area contributed by atoms with Crippen molar-refractivity contribution in [1.29, 1.82) is 0 Å². The van der Waals surface area contributed by atoms with Crippen LogP contribution in [0.15, 0.2) is 16.7 Å². The number of nitrogens with one attached hydrogen (secondary N) is 1. The Morgan fingerprint density at radius 2 is 2.29 bits per heavy atom. The van der Waals surface area contributed by atoms with Gasteiger partial charge in [0.05, 0.1) is 12.8 Å². The standard InChI is InChI=1S/C15H25NO/c1-12-4-3-5-14(10-12)6-8-16-11-15-13(2)7-9-17-15/h7,9,12,14,16H,3-6,8,10-11H2,1-2H3. The lowest BCUT2D eigenvalue weighted by Gasteiger charge is -2.26. The van der Waals surface area contributed by atoms with E-state index >= 15 is 0 Å². The molecule has 0 aromatic carbocycles. The van der Waals surface area contributed by atoms with Crippen molar-refractivity contribution in [2.24, 2.45) is 11.8 Å². The summed E-state index contributed by atoms with van der Waals surface area (Å²) in [6.07, 6.45) is 8.84. The van der Waals surface area contributed by atoms with Crippen LogP contribution in [0, 0.1) is 18.8 Å². The van der Waals surface area contributed by atoms with Gasteiger partial charge in [-0.1, -0.05) is 26.2 Å². The van der Waals surface area contributed by atoms with E-state index in [2.05, 4.69) is 19.2 Å². The predicted molar refractivity (Wildman–Crippen MR) is 70.9 cm³/mol. The Hall–Kier alpha value is -0.760. The molecule has 0 aliphatic heterocycles. The predicted octanol–water partition coefficient (Wildman–Crippen LogP) is 3.89. The molecule has 96 valence electrons. The maximum atomic E-state index is 5.41. The lowest BCUT2D eigenvalue weighted by molar-refractivity contribution is 0.267. The van der Waals surface area contributed by atoms with Crippen molar-refractivity contribution < 1.29 is 4.42 Å². The van der Waals surface area contributed by atoms with Crippen LogP contribution in [0.5, 0.6) is 0 Å². The average Bonchev–Trinajstić information content (AvgIpc) is 2.71. The summed E-state index contributed by atoms with van der Waals surface area (Å²) >= 11 is 0. The van der Waals surface area contributed by atoms with Gasteiger partial charge in [0, 0.05) is 0 Å². The van der Waals surface area contributed by atoms with E-state index in [1.54, 1.807) is 6.26 Å². The van der Waals surface area contributed by atoms with Gasteiger partial charge in [-0.3, -0.25) is 0 Å². The smallest absolute Gasteiger partial charge is 0.120 e. The van der Waals surface area contributed by atoms with Gasteiger partial charge in [-0.05, 0) is 49.8 Å². The Morgan fingerprint density at radius 1 is 1.41 bits per heavy atom. The quantitative estimate of drug-likeness (QED) is 0.783. The van der Waals surface area contributed by atoms with Crippen LogP contribution in [-0.2, 0) is 6.54 Å². The molecule has 2 unspecified atom stereocenters. The maximum Gasteiger partial charge on any atom is 0.120 e. The highest BCUT2D eigenvalue weighted by Crippen LogP contribution is 2.30. The summed E-state index contributed by atoms with van der Waals surface area (Å²) in [5, 5.41) is 3.50. The molecule has 0 spiro atoms. The molecule has 1 N–H and O–H groups in total. The molecular weight excluding hydrogens is 210 g/mol. The van der Waals surface area contributed by atoms with Crippen molar-refractivity contribution >= 4 is 0 Å². The number of rotatable bonds is 5. The molecule has 2 rings (SSSR count). The Morgan fingerprint density at radius 3 is 3.00 bits per heavy atom. The molecule has 1 aromatic rings. The minimum absolute atomic E-state index is 0.876. The van der Waals surface area contributed by atoms with Crippen LogP contribution in [0.2, 0.25) is 0 Å². The Labute approximate surface area is 105 Å². The zero-order valence-electron chi connectivity index (χ0n) is 11.2. The zero-order chi connectivity index (χ0) is 12.1. The van der Waals surface area contributed by atoms with Crippen LogP contribution >= 0.6 is 0 Å². The lowest BCUT2D eigenvalue weighted by Crippen LogP contribution is -2.21. The van der Waals surface area contributed by atoms with Gasteiger partial charge in [0.2, 0.25) is 0 Å². The van der Waals surface area contributed by atoms with Crippen molar-refractivity contribution in [1.82, 2.24) is 5.32 Å². The second-order valence-corrected chi connectivity index (χ2v) is 5.63. The molecule has 2 heteroatoms. The average molecular weight is 235 g/mol. The fourth-order valence-corrected chi connectivity index (χ4v) is 2.92. The molecule has 0 saturated heterocycles. The van der Waals surface area contributed by atoms with Gasteiger partial charge in [0.1, 0.15) is 5.76 Å². The fraction of sp³-hybridized carbons (Fsp3) is 0.733. The number of hydrogen-bond donors (Lipinski definition) is 1. The summed E-state index contributed by atoms with van der Waals surface area (Å²) in [5.74, 6) is 2.98. The van der Waals surface area contributed by atoms with Crippen LogP contribution in [0.1, 0.15) is 50.4 Å². The highest BCUT2D eigenvalue weighted by molar-refractivity contribution is 5.13. The molecule has 17 heavy (non-hydrogen) atoms. The van der Waals surface area contributed by atoms with Crippen molar-refractivity contribution in [3.05, 3.63) is 23.7 Å². The van der Waals surface area contributed by atoms with Gasteiger partial charge in [-0.25, -0.2) is 0 Å². The second kappa shape index (κ2) is 6.25. The summed E-state index contributed by atoms with van der Waals surface area (Å²) in [4.78, 5) is 0. The van der Waals surface area contributed by atoms with Crippen LogP contribution in [0.3, 0.4) is 0 Å². The normalized spacial score (nSPS) is 25.1. The highest BCUT2D eigenvalue weighted by Gasteiger charge is 2.18. The van der Waals surface area contributed by atoms with Gasteiger partial charge in [-0.15, -0.1) is 0 Å². The van der Waals surface area contributed by atoms with Crippen LogP contribution in [0.4, 0.5) is 0 Å². The largest absolute Gasteiger partial charge is 0.468 e. The lowest BCUT2D eigenvalue weighted by atomic mass is 9.81. The topological polar surface area (TPSA) is 25.2 Å². The first-order valence-corrected chi connectivity index (χ1v) is 6.99. The van der Waals surface area contributed by atoms with E-state index in [0.717, 1.165) is 30.7 Å². The first-order chi connectivity index (χ1) is 8.25. The molecule has 2 nitrogen and oxygen atoms in total. The highest BCUT2D eigenvalue weighted by atomic mass is 16.3. The molecule has 1 aliphatic carbocycles. The molecule has 0 amide bonds. The summed E-state index contributed by atoms with van der Waals surface area (Å²) in [5.41, 5.74) is 1.25. The van der Waals surface area contributed by atoms with E-state index < -0.39 is 0 Å². The summed E-state index contributed by atoms with van der Waals surface area (Å²) in [6, 6.07) is 2.03. The fourth-order valence-electron chi connectivity index (χ4n) is 2.92. The van der Waals surface area contributed by atoms with Gasteiger partial charge >= 0.3 is 0 Å². The van der Waals surface area contributed by atoms with Crippen molar-refractivity contribution in [2.75, 3.05) is 6.54 Å². The maximum absolute atomic E-state index is 5.41. The van der Waals surface area contributed by atoms with Gasteiger partial charge in [-0.2, -0.15) is 0 Å². The third kappa shape index (κ3) is 3.88. The van der Waals surface area contributed by atoms with Gasteiger partial charge in [0.25, 0.3) is 0 Å². The van der Waals surface area contributed by atoms with Crippen LogP contribution in [0.25, 0.3) is 0 Å².